The second kappa shape index (κ2) is 6.41. The maximum Gasteiger partial charge on any atom is 0.0326 e. The van der Waals surface area contributed by atoms with Gasteiger partial charge in [0.1, 0.15) is 0 Å². The van der Waals surface area contributed by atoms with E-state index >= 15 is 0 Å². The zero-order valence-electron chi connectivity index (χ0n) is 11.3. The first-order valence-corrected chi connectivity index (χ1v) is 8.41. The first kappa shape index (κ1) is 13.6. The highest BCUT2D eigenvalue weighted by atomic mass is 79.9. The number of halogens is 1. The van der Waals surface area contributed by atoms with Gasteiger partial charge in [-0.25, -0.2) is 0 Å². The number of alkyl halides is 1. The van der Waals surface area contributed by atoms with Gasteiger partial charge in [-0.15, -0.1) is 0 Å². The monoisotopic (exact) mass is 298 g/mol. The van der Waals surface area contributed by atoms with Crippen LogP contribution in [0.25, 0.3) is 0 Å². The van der Waals surface area contributed by atoms with Crippen LogP contribution in [0.3, 0.4) is 0 Å². The highest BCUT2D eigenvalue weighted by Crippen LogP contribution is 2.53. The predicted molar refractivity (Wildman–Crippen MR) is 79.6 cm³/mol. The summed E-state index contributed by atoms with van der Waals surface area (Å²) < 4.78 is 0.482. The van der Waals surface area contributed by atoms with Gasteiger partial charge in [0.15, 0.2) is 0 Å². The molecule has 2 aliphatic rings. The smallest absolute Gasteiger partial charge is 0.0326 e. The Morgan fingerprint density at radius 1 is 1.06 bits per heavy atom. The molecule has 0 aromatic carbocycles. The van der Waals surface area contributed by atoms with E-state index < -0.39 is 0 Å². The molecule has 2 bridgehead atoms. The van der Waals surface area contributed by atoms with E-state index in [4.69, 9.17) is 0 Å². The van der Waals surface area contributed by atoms with E-state index in [1.54, 1.807) is 0 Å². The summed E-state index contributed by atoms with van der Waals surface area (Å²) in [5, 5.41) is 0. The lowest BCUT2D eigenvalue weighted by atomic mass is 9.88. The molecule has 1 heteroatoms. The molecule has 0 nitrogen and oxygen atoms in total. The molecule has 0 saturated heterocycles. The van der Waals surface area contributed by atoms with Crippen molar-refractivity contribution in [3.05, 3.63) is 12.2 Å². The summed E-state index contributed by atoms with van der Waals surface area (Å²) in [6.07, 6.45) is 19.1. The van der Waals surface area contributed by atoms with Gasteiger partial charge in [0.25, 0.3) is 0 Å². The molecule has 0 spiro atoms. The molecule has 17 heavy (non-hydrogen) atoms. The number of unbranched alkanes of at least 4 members (excludes halogenated alkanes) is 6. The highest BCUT2D eigenvalue weighted by molar-refractivity contribution is 9.10. The lowest BCUT2D eigenvalue weighted by molar-refractivity contribution is 0.447. The van der Waals surface area contributed by atoms with Gasteiger partial charge in [0, 0.05) is 4.32 Å². The molecule has 2 aliphatic carbocycles. The SMILES string of the molecule is CCCCCCCCCC1(Br)CC2C=CC1C2. The molecular weight excluding hydrogens is 272 g/mol. The summed E-state index contributed by atoms with van der Waals surface area (Å²) in [5.74, 6) is 1.73. The van der Waals surface area contributed by atoms with Crippen LogP contribution in [0.5, 0.6) is 0 Å². The van der Waals surface area contributed by atoms with E-state index in [1.165, 1.54) is 64.2 Å². The largest absolute Gasteiger partial charge is 0.0850 e. The molecule has 0 amide bonds. The van der Waals surface area contributed by atoms with Gasteiger partial charge < -0.3 is 0 Å². The number of rotatable bonds is 8. The summed E-state index contributed by atoms with van der Waals surface area (Å²) in [7, 11) is 0. The molecule has 0 aromatic heterocycles. The zero-order valence-corrected chi connectivity index (χ0v) is 12.8. The lowest BCUT2D eigenvalue weighted by Gasteiger charge is -2.29. The predicted octanol–water partition coefficient (Wildman–Crippen LogP) is 5.86. The van der Waals surface area contributed by atoms with Crippen LogP contribution < -0.4 is 0 Å². The van der Waals surface area contributed by atoms with E-state index in [-0.39, 0.29) is 0 Å². The van der Waals surface area contributed by atoms with E-state index in [2.05, 4.69) is 35.0 Å². The Morgan fingerprint density at radius 3 is 2.35 bits per heavy atom. The standard InChI is InChI=1S/C16H27Br/c1-2-3-4-5-6-7-8-11-16(17)13-14-9-10-15(16)12-14/h9-10,14-15H,2-8,11-13H2,1H3. The lowest BCUT2D eigenvalue weighted by Crippen LogP contribution is -2.25. The summed E-state index contributed by atoms with van der Waals surface area (Å²) in [5.41, 5.74) is 0. The zero-order chi connectivity index (χ0) is 12.1. The average Bonchev–Trinajstić information content (AvgIpc) is 2.88. The molecule has 2 rings (SSSR count). The molecule has 0 N–H and O–H groups in total. The normalized spacial score (nSPS) is 34.7. The molecular formula is C16H27Br. The number of fused-ring (bicyclic) bond motifs is 2. The fraction of sp³-hybridized carbons (Fsp3) is 0.875. The minimum absolute atomic E-state index is 0.482. The second-order valence-electron chi connectivity index (χ2n) is 6.10. The summed E-state index contributed by atoms with van der Waals surface area (Å²) in [4.78, 5) is 0. The average molecular weight is 299 g/mol. The Bertz CT molecular complexity index is 258. The van der Waals surface area contributed by atoms with Gasteiger partial charge in [-0.1, -0.05) is 80.0 Å². The fourth-order valence-electron chi connectivity index (χ4n) is 3.56. The highest BCUT2D eigenvalue weighted by Gasteiger charge is 2.45. The Balaban J connectivity index is 1.55. The molecule has 1 saturated carbocycles. The molecule has 0 radical (unpaired) electrons. The van der Waals surface area contributed by atoms with Crippen molar-refractivity contribution in [3.8, 4) is 0 Å². The van der Waals surface area contributed by atoms with Crippen LogP contribution >= 0.6 is 15.9 Å². The van der Waals surface area contributed by atoms with Gasteiger partial charge >= 0.3 is 0 Å². The van der Waals surface area contributed by atoms with E-state index in [9.17, 15) is 0 Å². The van der Waals surface area contributed by atoms with Crippen LogP contribution in [0.2, 0.25) is 0 Å². The van der Waals surface area contributed by atoms with Crippen molar-refractivity contribution in [2.45, 2.75) is 75.5 Å². The third kappa shape index (κ3) is 3.59. The molecule has 1 fully saturated rings. The van der Waals surface area contributed by atoms with Crippen LogP contribution in [0.4, 0.5) is 0 Å². The van der Waals surface area contributed by atoms with Crippen LogP contribution in [-0.2, 0) is 0 Å². The van der Waals surface area contributed by atoms with Gasteiger partial charge in [0.2, 0.25) is 0 Å². The third-order valence-corrected chi connectivity index (χ3v) is 5.94. The van der Waals surface area contributed by atoms with Crippen molar-refractivity contribution in [2.75, 3.05) is 0 Å². The number of hydrogen-bond acceptors (Lipinski definition) is 0. The van der Waals surface area contributed by atoms with Crippen LogP contribution in [0.1, 0.15) is 71.1 Å². The number of hydrogen-bond donors (Lipinski definition) is 0. The topological polar surface area (TPSA) is 0 Å². The molecule has 0 heterocycles. The second-order valence-corrected chi connectivity index (χ2v) is 7.68. The first-order chi connectivity index (χ1) is 8.24. The summed E-state index contributed by atoms with van der Waals surface area (Å²) >= 11 is 4.05. The fourth-order valence-corrected chi connectivity index (χ4v) is 4.60. The molecule has 3 atom stereocenters. The van der Waals surface area contributed by atoms with Crippen molar-refractivity contribution in [2.24, 2.45) is 11.8 Å². The van der Waals surface area contributed by atoms with Crippen LogP contribution in [-0.4, -0.2) is 4.32 Å². The van der Waals surface area contributed by atoms with Crippen molar-refractivity contribution >= 4 is 15.9 Å². The van der Waals surface area contributed by atoms with Gasteiger partial charge in [-0.2, -0.15) is 0 Å². The van der Waals surface area contributed by atoms with Crippen molar-refractivity contribution in [1.82, 2.24) is 0 Å². The van der Waals surface area contributed by atoms with E-state index in [1.807, 2.05) is 0 Å². The van der Waals surface area contributed by atoms with E-state index in [0.717, 1.165) is 11.8 Å². The maximum absolute atomic E-state index is 4.05. The van der Waals surface area contributed by atoms with Crippen molar-refractivity contribution < 1.29 is 0 Å². The first-order valence-electron chi connectivity index (χ1n) is 7.62. The Morgan fingerprint density at radius 2 is 1.76 bits per heavy atom. The molecule has 98 valence electrons. The van der Waals surface area contributed by atoms with E-state index in [0.29, 0.717) is 4.32 Å². The summed E-state index contributed by atoms with van der Waals surface area (Å²) in [6.45, 7) is 2.29. The van der Waals surface area contributed by atoms with Gasteiger partial charge in [0.05, 0.1) is 0 Å². The Labute approximate surface area is 115 Å². The molecule has 0 aromatic rings. The number of allylic oxidation sites excluding steroid dienone is 2. The Kier molecular flexibility index (Phi) is 5.14. The quantitative estimate of drug-likeness (QED) is 0.299. The van der Waals surface area contributed by atoms with Gasteiger partial charge in [-0.3, -0.25) is 0 Å². The maximum atomic E-state index is 4.05. The van der Waals surface area contributed by atoms with Crippen LogP contribution in [0.15, 0.2) is 12.2 Å². The van der Waals surface area contributed by atoms with Gasteiger partial charge in [-0.05, 0) is 31.1 Å². The van der Waals surface area contributed by atoms with Crippen LogP contribution in [0, 0.1) is 11.8 Å². The minimum atomic E-state index is 0.482. The third-order valence-electron chi connectivity index (χ3n) is 4.63. The molecule has 0 aliphatic heterocycles. The van der Waals surface area contributed by atoms with Crippen molar-refractivity contribution in [3.63, 3.8) is 0 Å². The van der Waals surface area contributed by atoms with Crippen molar-refractivity contribution in [1.29, 1.82) is 0 Å². The minimum Gasteiger partial charge on any atom is -0.0850 e. The molecule has 3 unspecified atom stereocenters. The summed E-state index contributed by atoms with van der Waals surface area (Å²) in [6, 6.07) is 0. The Hall–Kier alpha value is 0.220.